The molecule has 3 aromatic rings. The van der Waals surface area contributed by atoms with Crippen molar-refractivity contribution in [1.29, 1.82) is 5.26 Å². The Morgan fingerprint density at radius 2 is 1.74 bits per heavy atom. The molecule has 136 valence electrons. The second kappa shape index (κ2) is 8.57. The fraction of sp³-hybridized carbons (Fsp3) is 0.182. The number of nitriles is 1. The SMILES string of the molecule is COc1ccc2cc(CN(Cc3cccc(C#N)c3)C(=O)CCl)ccc2c1. The molecule has 0 bridgehead atoms. The number of carbonyl (C=O) groups excluding carboxylic acids is 1. The minimum absolute atomic E-state index is 0.0806. The number of halogens is 1. The third-order valence-electron chi connectivity index (χ3n) is 4.38. The van der Waals surface area contributed by atoms with Crippen molar-refractivity contribution in [3.05, 3.63) is 77.4 Å². The van der Waals surface area contributed by atoms with Gasteiger partial charge >= 0.3 is 0 Å². The molecule has 0 unspecified atom stereocenters. The van der Waals surface area contributed by atoms with Gasteiger partial charge in [-0.1, -0.05) is 30.3 Å². The lowest BCUT2D eigenvalue weighted by Gasteiger charge is -2.22. The van der Waals surface area contributed by atoms with Gasteiger partial charge in [0.25, 0.3) is 0 Å². The minimum atomic E-state index is -0.145. The first kappa shape index (κ1) is 18.8. The maximum Gasteiger partial charge on any atom is 0.238 e. The molecule has 3 rings (SSSR count). The summed E-state index contributed by atoms with van der Waals surface area (Å²) in [4.78, 5) is 14.0. The Morgan fingerprint density at radius 1 is 1.04 bits per heavy atom. The van der Waals surface area contributed by atoms with Gasteiger partial charge in [0.15, 0.2) is 0 Å². The van der Waals surface area contributed by atoms with Crippen molar-refractivity contribution in [2.45, 2.75) is 13.1 Å². The van der Waals surface area contributed by atoms with Gasteiger partial charge in [-0.3, -0.25) is 4.79 Å². The maximum absolute atomic E-state index is 12.3. The summed E-state index contributed by atoms with van der Waals surface area (Å²) in [6.07, 6.45) is 0. The third-order valence-corrected chi connectivity index (χ3v) is 4.61. The normalized spacial score (nSPS) is 10.4. The largest absolute Gasteiger partial charge is 0.497 e. The molecule has 27 heavy (non-hydrogen) atoms. The molecular weight excluding hydrogens is 360 g/mol. The molecule has 0 fully saturated rings. The third kappa shape index (κ3) is 4.58. The van der Waals surface area contributed by atoms with Crippen molar-refractivity contribution in [2.24, 2.45) is 0 Å². The highest BCUT2D eigenvalue weighted by atomic mass is 35.5. The molecule has 0 N–H and O–H groups in total. The van der Waals surface area contributed by atoms with Crippen LogP contribution in [-0.2, 0) is 17.9 Å². The van der Waals surface area contributed by atoms with E-state index in [9.17, 15) is 4.79 Å². The van der Waals surface area contributed by atoms with Crippen LogP contribution in [0.1, 0.15) is 16.7 Å². The Hall–Kier alpha value is -3.03. The van der Waals surface area contributed by atoms with Crippen LogP contribution in [0, 0.1) is 11.3 Å². The summed E-state index contributed by atoms with van der Waals surface area (Å²) in [7, 11) is 1.65. The summed E-state index contributed by atoms with van der Waals surface area (Å²) in [5, 5.41) is 11.2. The zero-order valence-corrected chi connectivity index (χ0v) is 15.7. The van der Waals surface area contributed by atoms with E-state index in [1.807, 2.05) is 42.5 Å². The number of methoxy groups -OCH3 is 1. The lowest BCUT2D eigenvalue weighted by atomic mass is 10.1. The zero-order valence-electron chi connectivity index (χ0n) is 15.0. The first-order valence-electron chi connectivity index (χ1n) is 8.52. The highest BCUT2D eigenvalue weighted by Gasteiger charge is 2.14. The number of hydrogen-bond acceptors (Lipinski definition) is 3. The number of benzene rings is 3. The molecule has 1 amide bonds. The Labute approximate surface area is 163 Å². The molecule has 4 nitrogen and oxygen atoms in total. The Bertz CT molecular complexity index is 1010. The van der Waals surface area contributed by atoms with Gasteiger partial charge in [0.05, 0.1) is 18.7 Å². The maximum atomic E-state index is 12.3. The van der Waals surface area contributed by atoms with E-state index < -0.39 is 0 Å². The van der Waals surface area contributed by atoms with Crippen LogP contribution in [0.5, 0.6) is 5.75 Å². The highest BCUT2D eigenvalue weighted by molar-refractivity contribution is 6.27. The first-order valence-corrected chi connectivity index (χ1v) is 9.06. The predicted octanol–water partition coefficient (Wildman–Crippen LogP) is 4.49. The lowest BCUT2D eigenvalue weighted by molar-refractivity contribution is -0.129. The van der Waals surface area contributed by atoms with E-state index in [0.29, 0.717) is 18.7 Å². The molecule has 0 saturated heterocycles. The molecule has 0 aliphatic heterocycles. The van der Waals surface area contributed by atoms with Crippen LogP contribution in [0.2, 0.25) is 0 Å². The molecular formula is C22H19ClN2O2. The molecule has 0 saturated carbocycles. The summed E-state index contributed by atoms with van der Waals surface area (Å²) in [6, 6.07) is 21.4. The molecule has 0 aromatic heterocycles. The second-order valence-electron chi connectivity index (χ2n) is 6.24. The monoisotopic (exact) mass is 378 g/mol. The summed E-state index contributed by atoms with van der Waals surface area (Å²) in [5.41, 5.74) is 2.49. The van der Waals surface area contributed by atoms with E-state index in [1.165, 1.54) is 0 Å². The van der Waals surface area contributed by atoms with E-state index in [-0.39, 0.29) is 11.8 Å². The number of rotatable bonds is 6. The zero-order chi connectivity index (χ0) is 19.2. The molecule has 0 heterocycles. The van der Waals surface area contributed by atoms with Crippen LogP contribution in [0.25, 0.3) is 10.8 Å². The fourth-order valence-corrected chi connectivity index (χ4v) is 3.16. The van der Waals surface area contributed by atoms with Gasteiger partial charge in [-0.05, 0) is 52.2 Å². The van der Waals surface area contributed by atoms with E-state index in [1.54, 1.807) is 24.1 Å². The van der Waals surface area contributed by atoms with Crippen molar-refractivity contribution >= 4 is 28.3 Å². The van der Waals surface area contributed by atoms with Gasteiger partial charge in [0.2, 0.25) is 5.91 Å². The molecule has 0 aliphatic carbocycles. The van der Waals surface area contributed by atoms with Gasteiger partial charge in [-0.2, -0.15) is 5.26 Å². The van der Waals surface area contributed by atoms with Crippen molar-refractivity contribution in [3.63, 3.8) is 0 Å². The summed E-state index contributed by atoms with van der Waals surface area (Å²) < 4.78 is 5.26. The molecule has 3 aromatic carbocycles. The fourth-order valence-electron chi connectivity index (χ4n) is 3.00. The number of ether oxygens (including phenoxy) is 1. The summed E-state index contributed by atoms with van der Waals surface area (Å²) in [6.45, 7) is 0.853. The van der Waals surface area contributed by atoms with Gasteiger partial charge in [0, 0.05) is 13.1 Å². The van der Waals surface area contributed by atoms with E-state index in [4.69, 9.17) is 21.6 Å². The van der Waals surface area contributed by atoms with Crippen molar-refractivity contribution < 1.29 is 9.53 Å². The Morgan fingerprint density at radius 3 is 2.44 bits per heavy atom. The first-order chi connectivity index (χ1) is 13.1. The van der Waals surface area contributed by atoms with Crippen LogP contribution in [0.3, 0.4) is 0 Å². The van der Waals surface area contributed by atoms with Crippen molar-refractivity contribution in [1.82, 2.24) is 4.90 Å². The van der Waals surface area contributed by atoms with Crippen LogP contribution in [-0.4, -0.2) is 23.8 Å². The van der Waals surface area contributed by atoms with E-state index in [2.05, 4.69) is 12.1 Å². The van der Waals surface area contributed by atoms with E-state index in [0.717, 1.165) is 27.6 Å². The summed E-state index contributed by atoms with van der Waals surface area (Å²) in [5.74, 6) is 0.586. The highest BCUT2D eigenvalue weighted by Crippen LogP contribution is 2.23. The molecule has 0 spiro atoms. The number of fused-ring (bicyclic) bond motifs is 1. The number of amides is 1. The van der Waals surface area contributed by atoms with Crippen LogP contribution >= 0.6 is 11.6 Å². The van der Waals surface area contributed by atoms with Gasteiger partial charge < -0.3 is 9.64 Å². The number of carbonyl (C=O) groups is 1. The number of nitrogens with zero attached hydrogens (tertiary/aromatic N) is 2. The smallest absolute Gasteiger partial charge is 0.238 e. The standard InChI is InChI=1S/C22H19ClN2O2/c1-27-21-8-7-19-10-18(5-6-20(19)11-21)15-25(22(26)12-23)14-17-4-2-3-16(9-17)13-24/h2-11H,12,14-15H2,1H3. The molecule has 0 radical (unpaired) electrons. The van der Waals surface area contributed by atoms with Gasteiger partial charge in [0.1, 0.15) is 11.6 Å². The Kier molecular flexibility index (Phi) is 5.95. The van der Waals surface area contributed by atoms with Gasteiger partial charge in [-0.15, -0.1) is 11.6 Å². The van der Waals surface area contributed by atoms with Crippen LogP contribution in [0.15, 0.2) is 60.7 Å². The lowest BCUT2D eigenvalue weighted by Crippen LogP contribution is -2.31. The minimum Gasteiger partial charge on any atom is -0.497 e. The second-order valence-corrected chi connectivity index (χ2v) is 6.51. The topological polar surface area (TPSA) is 53.3 Å². The molecule has 0 atom stereocenters. The van der Waals surface area contributed by atoms with Gasteiger partial charge in [-0.25, -0.2) is 0 Å². The number of hydrogen-bond donors (Lipinski definition) is 0. The quantitative estimate of drug-likeness (QED) is 0.594. The van der Waals surface area contributed by atoms with Crippen molar-refractivity contribution in [3.8, 4) is 11.8 Å². The average Bonchev–Trinajstić information content (AvgIpc) is 2.72. The average molecular weight is 379 g/mol. The van der Waals surface area contributed by atoms with Crippen molar-refractivity contribution in [2.75, 3.05) is 13.0 Å². The predicted molar refractivity (Wildman–Crippen MR) is 107 cm³/mol. The van der Waals surface area contributed by atoms with E-state index >= 15 is 0 Å². The Balaban J connectivity index is 1.84. The summed E-state index contributed by atoms with van der Waals surface area (Å²) >= 11 is 5.81. The van der Waals surface area contributed by atoms with Crippen LogP contribution in [0.4, 0.5) is 0 Å². The number of alkyl halides is 1. The molecule has 0 aliphatic rings. The molecule has 5 heteroatoms. The van der Waals surface area contributed by atoms with Crippen LogP contribution < -0.4 is 4.74 Å².